The first-order chi connectivity index (χ1) is 8.34. The minimum Gasteiger partial charge on any atom is -0.345 e. The summed E-state index contributed by atoms with van der Waals surface area (Å²) in [6.45, 7) is 5.85. The second-order valence-corrected chi connectivity index (χ2v) is 6.68. The molecule has 0 radical (unpaired) electrons. The topological polar surface area (TPSA) is 66.5 Å². The van der Waals surface area contributed by atoms with Crippen LogP contribution in [0.15, 0.2) is 0 Å². The largest absolute Gasteiger partial charge is 0.345 e. The van der Waals surface area contributed by atoms with E-state index in [4.69, 9.17) is 0 Å². The van der Waals surface area contributed by atoms with E-state index in [1.807, 2.05) is 20.8 Å². The van der Waals surface area contributed by atoms with E-state index in [0.29, 0.717) is 12.2 Å². The summed E-state index contributed by atoms with van der Waals surface area (Å²) in [4.78, 5) is 25.5. The predicted molar refractivity (Wildman–Crippen MR) is 71.5 cm³/mol. The molecule has 2 amide bonds. The van der Waals surface area contributed by atoms with Crippen molar-refractivity contribution in [1.29, 1.82) is 0 Å². The first-order valence-corrected chi connectivity index (χ1v) is 7.96. The number of rotatable bonds is 5. The number of carbonyl (C=O) groups is 2. The molecule has 0 aliphatic carbocycles. The fraction of sp³-hybridized carbons (Fsp3) is 0.833. The molecule has 0 saturated carbocycles. The lowest BCUT2D eigenvalue weighted by atomic mass is 9.97. The number of carbonyl (C=O) groups excluding carboxylic acids is 2. The zero-order chi connectivity index (χ0) is 13.9. The maximum absolute atomic E-state index is 12.0. The Labute approximate surface area is 111 Å². The smallest absolute Gasteiger partial charge is 0.243 e. The van der Waals surface area contributed by atoms with Crippen LogP contribution in [0.2, 0.25) is 0 Å². The Bertz CT molecular complexity index is 357. The Morgan fingerprint density at radius 3 is 2.50 bits per heavy atom. The van der Waals surface area contributed by atoms with Crippen LogP contribution in [0, 0.1) is 5.92 Å². The van der Waals surface area contributed by atoms with Gasteiger partial charge in [-0.15, -0.1) is 0 Å². The molecule has 5 nitrogen and oxygen atoms in total. The molecule has 1 aliphatic heterocycles. The average molecular weight is 274 g/mol. The Kier molecular flexibility index (Phi) is 5.31. The molecular weight excluding hydrogens is 252 g/mol. The van der Waals surface area contributed by atoms with Crippen molar-refractivity contribution in [3.63, 3.8) is 0 Å². The van der Waals surface area contributed by atoms with E-state index in [1.54, 1.807) is 11.2 Å². The molecule has 0 bridgehead atoms. The van der Waals surface area contributed by atoms with Gasteiger partial charge in [-0.1, -0.05) is 13.8 Å². The van der Waals surface area contributed by atoms with Crippen LogP contribution in [0.4, 0.5) is 0 Å². The van der Waals surface area contributed by atoms with E-state index in [9.17, 15) is 13.8 Å². The number of nitrogens with one attached hydrogen (secondary N) is 1. The van der Waals surface area contributed by atoms with Gasteiger partial charge in [-0.2, -0.15) is 0 Å². The molecule has 0 aromatic rings. The SMILES string of the molecule is CC(C)C1C(=O)NCC(=O)N1C(C)CCS(C)=O. The highest BCUT2D eigenvalue weighted by molar-refractivity contribution is 7.84. The number of hydrogen-bond acceptors (Lipinski definition) is 3. The van der Waals surface area contributed by atoms with Crippen molar-refractivity contribution in [2.24, 2.45) is 5.92 Å². The highest BCUT2D eigenvalue weighted by Gasteiger charge is 2.38. The van der Waals surface area contributed by atoms with Gasteiger partial charge in [0.2, 0.25) is 11.8 Å². The second kappa shape index (κ2) is 6.31. The van der Waals surface area contributed by atoms with E-state index in [2.05, 4.69) is 5.32 Å². The van der Waals surface area contributed by atoms with Gasteiger partial charge in [0.15, 0.2) is 0 Å². The lowest BCUT2D eigenvalue weighted by molar-refractivity contribution is -0.149. The van der Waals surface area contributed by atoms with Crippen LogP contribution < -0.4 is 5.32 Å². The van der Waals surface area contributed by atoms with Crippen molar-refractivity contribution >= 4 is 22.6 Å². The van der Waals surface area contributed by atoms with Crippen LogP contribution in [0.1, 0.15) is 27.2 Å². The first kappa shape index (κ1) is 15.1. The quantitative estimate of drug-likeness (QED) is 0.775. The minimum atomic E-state index is -0.871. The Hall–Kier alpha value is -0.910. The average Bonchev–Trinajstić information content (AvgIpc) is 2.28. The molecule has 3 unspecified atom stereocenters. The third kappa shape index (κ3) is 3.54. The third-order valence-electron chi connectivity index (χ3n) is 3.20. The monoisotopic (exact) mass is 274 g/mol. The van der Waals surface area contributed by atoms with Gasteiger partial charge >= 0.3 is 0 Å². The van der Waals surface area contributed by atoms with Crippen LogP contribution in [0.3, 0.4) is 0 Å². The second-order valence-electron chi connectivity index (χ2n) is 5.12. The van der Waals surface area contributed by atoms with E-state index < -0.39 is 16.8 Å². The summed E-state index contributed by atoms with van der Waals surface area (Å²) < 4.78 is 11.1. The lowest BCUT2D eigenvalue weighted by Crippen LogP contribution is -2.62. The minimum absolute atomic E-state index is 0.0531. The Morgan fingerprint density at radius 1 is 1.39 bits per heavy atom. The first-order valence-electron chi connectivity index (χ1n) is 6.23. The van der Waals surface area contributed by atoms with E-state index >= 15 is 0 Å². The maximum Gasteiger partial charge on any atom is 0.243 e. The molecule has 18 heavy (non-hydrogen) atoms. The summed E-state index contributed by atoms with van der Waals surface area (Å²) in [6.07, 6.45) is 2.31. The standard InChI is InChI=1S/C12H22N2O3S/c1-8(2)11-12(16)13-7-10(15)14(11)9(3)5-6-18(4)17/h8-9,11H,5-7H2,1-4H3,(H,13,16). The summed E-state index contributed by atoms with van der Waals surface area (Å²) in [6, 6.07) is -0.466. The number of piperazine rings is 1. The molecule has 1 heterocycles. The Morgan fingerprint density at radius 2 is 2.00 bits per heavy atom. The van der Waals surface area contributed by atoms with E-state index in [1.165, 1.54) is 0 Å². The summed E-state index contributed by atoms with van der Waals surface area (Å²) in [5.74, 6) is 0.484. The van der Waals surface area contributed by atoms with Crippen molar-refractivity contribution in [2.75, 3.05) is 18.6 Å². The lowest BCUT2D eigenvalue weighted by Gasteiger charge is -2.41. The molecule has 1 rings (SSSR count). The van der Waals surface area contributed by atoms with Gasteiger partial charge in [0.25, 0.3) is 0 Å². The summed E-state index contributed by atoms with van der Waals surface area (Å²) in [5.41, 5.74) is 0. The van der Waals surface area contributed by atoms with Crippen LogP contribution in [0.5, 0.6) is 0 Å². The van der Waals surface area contributed by atoms with Crippen molar-refractivity contribution in [2.45, 2.75) is 39.3 Å². The van der Waals surface area contributed by atoms with Crippen molar-refractivity contribution in [1.82, 2.24) is 10.2 Å². The van der Waals surface area contributed by atoms with Gasteiger partial charge in [-0.25, -0.2) is 0 Å². The fourth-order valence-electron chi connectivity index (χ4n) is 2.26. The summed E-state index contributed by atoms with van der Waals surface area (Å²) in [5, 5.41) is 2.62. The van der Waals surface area contributed by atoms with Gasteiger partial charge in [0, 0.05) is 28.9 Å². The molecular formula is C12H22N2O3S. The summed E-state index contributed by atoms with van der Waals surface area (Å²) >= 11 is 0. The zero-order valence-electron chi connectivity index (χ0n) is 11.4. The maximum atomic E-state index is 12.0. The molecule has 1 aliphatic rings. The molecule has 3 atom stereocenters. The van der Waals surface area contributed by atoms with Crippen molar-refractivity contribution in [3.05, 3.63) is 0 Å². The van der Waals surface area contributed by atoms with Gasteiger partial charge in [0.05, 0.1) is 6.54 Å². The number of amides is 2. The highest BCUT2D eigenvalue weighted by atomic mass is 32.2. The number of hydrogen-bond donors (Lipinski definition) is 1. The predicted octanol–water partition coefficient (Wildman–Crippen LogP) is 0.127. The van der Waals surface area contributed by atoms with Crippen LogP contribution in [-0.2, 0) is 20.4 Å². The van der Waals surface area contributed by atoms with Crippen LogP contribution in [-0.4, -0.2) is 51.6 Å². The molecule has 0 spiro atoms. The molecule has 0 aromatic heterocycles. The van der Waals surface area contributed by atoms with Gasteiger partial charge < -0.3 is 10.2 Å². The normalized spacial score (nSPS) is 24.1. The molecule has 0 aromatic carbocycles. The molecule has 104 valence electrons. The van der Waals surface area contributed by atoms with Crippen LogP contribution in [0.25, 0.3) is 0 Å². The summed E-state index contributed by atoms with van der Waals surface area (Å²) in [7, 11) is -0.871. The van der Waals surface area contributed by atoms with Gasteiger partial charge in [-0.05, 0) is 19.3 Å². The van der Waals surface area contributed by atoms with E-state index in [0.717, 1.165) is 0 Å². The molecule has 1 N–H and O–H groups in total. The number of nitrogens with zero attached hydrogens (tertiary/aromatic N) is 1. The molecule has 6 heteroatoms. The molecule has 1 saturated heterocycles. The van der Waals surface area contributed by atoms with E-state index in [-0.39, 0.29) is 30.3 Å². The third-order valence-corrected chi connectivity index (χ3v) is 4.01. The zero-order valence-corrected chi connectivity index (χ0v) is 12.3. The Balaban J connectivity index is 2.81. The van der Waals surface area contributed by atoms with Crippen molar-refractivity contribution in [3.8, 4) is 0 Å². The van der Waals surface area contributed by atoms with Crippen molar-refractivity contribution < 1.29 is 13.8 Å². The fourth-order valence-corrected chi connectivity index (χ4v) is 2.93. The molecule has 1 fully saturated rings. The van der Waals surface area contributed by atoms with Gasteiger partial charge in [0.1, 0.15) is 6.04 Å². The van der Waals surface area contributed by atoms with Crippen LogP contribution >= 0.6 is 0 Å². The van der Waals surface area contributed by atoms with Gasteiger partial charge in [-0.3, -0.25) is 13.8 Å². The highest BCUT2D eigenvalue weighted by Crippen LogP contribution is 2.19.